The molecule has 1 unspecified atom stereocenters. The van der Waals surface area contributed by atoms with E-state index in [1.54, 1.807) is 0 Å². The van der Waals surface area contributed by atoms with E-state index in [1.807, 2.05) is 6.92 Å². The van der Waals surface area contributed by atoms with Crippen LogP contribution in [0.25, 0.3) is 0 Å². The highest BCUT2D eigenvalue weighted by Gasteiger charge is 2.19. The Balaban J connectivity index is 1.89. The summed E-state index contributed by atoms with van der Waals surface area (Å²) in [6.45, 7) is 8.81. The van der Waals surface area contributed by atoms with E-state index in [0.717, 1.165) is 26.2 Å². The Morgan fingerprint density at radius 2 is 2.25 bits per heavy atom. The van der Waals surface area contributed by atoms with Crippen LogP contribution >= 0.6 is 0 Å². The molecule has 0 spiro atoms. The van der Waals surface area contributed by atoms with Gasteiger partial charge in [-0.25, -0.2) is 0 Å². The van der Waals surface area contributed by atoms with Crippen LogP contribution in [0.15, 0.2) is 0 Å². The van der Waals surface area contributed by atoms with Crippen LogP contribution in [0, 0.1) is 0 Å². The topological polar surface area (TPSA) is 98.4 Å². The molecule has 0 saturated carbocycles. The van der Waals surface area contributed by atoms with E-state index in [0.29, 0.717) is 19.1 Å². The number of aromatic nitrogens is 3. The van der Waals surface area contributed by atoms with E-state index in [2.05, 4.69) is 32.1 Å². The number of hydrogen-bond donors (Lipinski definition) is 2. The normalized spacial score (nSPS) is 19.8. The molecule has 2 heterocycles. The number of nitrogen functional groups attached to an aromatic ring is 1. The first kappa shape index (κ1) is 14.7. The maximum atomic E-state index is 5.70. The fourth-order valence-electron chi connectivity index (χ4n) is 2.04. The Morgan fingerprint density at radius 3 is 3.00 bits per heavy atom. The van der Waals surface area contributed by atoms with Gasteiger partial charge >= 0.3 is 6.01 Å². The van der Waals surface area contributed by atoms with E-state index in [9.17, 15) is 0 Å². The van der Waals surface area contributed by atoms with Crippen LogP contribution in [0.4, 0.5) is 11.9 Å². The molecule has 8 nitrogen and oxygen atoms in total. The summed E-state index contributed by atoms with van der Waals surface area (Å²) in [5, 5.41) is 3.12. The lowest BCUT2D eigenvalue weighted by Gasteiger charge is -2.32. The number of nitrogens with zero attached hydrogens (tertiary/aromatic N) is 4. The Labute approximate surface area is 118 Å². The molecule has 1 fully saturated rings. The van der Waals surface area contributed by atoms with Crippen LogP contribution in [0.3, 0.4) is 0 Å². The van der Waals surface area contributed by atoms with Gasteiger partial charge in [0, 0.05) is 19.6 Å². The van der Waals surface area contributed by atoms with E-state index in [1.165, 1.54) is 0 Å². The van der Waals surface area contributed by atoms with E-state index < -0.39 is 0 Å². The van der Waals surface area contributed by atoms with Crippen molar-refractivity contribution in [1.29, 1.82) is 0 Å². The molecule has 8 heteroatoms. The predicted octanol–water partition coefficient (Wildman–Crippen LogP) is -0.0149. The summed E-state index contributed by atoms with van der Waals surface area (Å²) in [4.78, 5) is 14.4. The number of nitrogens with one attached hydrogen (secondary N) is 1. The smallest absolute Gasteiger partial charge is 0.323 e. The summed E-state index contributed by atoms with van der Waals surface area (Å²) < 4.78 is 10.9. The molecule has 2 rings (SSSR count). The average Bonchev–Trinajstić information content (AvgIpc) is 2.45. The molecule has 0 radical (unpaired) electrons. The van der Waals surface area contributed by atoms with Crippen molar-refractivity contribution in [3.63, 3.8) is 0 Å². The van der Waals surface area contributed by atoms with Crippen molar-refractivity contribution in [1.82, 2.24) is 19.9 Å². The third-order valence-electron chi connectivity index (χ3n) is 3.06. The van der Waals surface area contributed by atoms with Crippen molar-refractivity contribution < 1.29 is 9.47 Å². The summed E-state index contributed by atoms with van der Waals surface area (Å²) in [5.41, 5.74) is 5.62. The lowest BCUT2D eigenvalue weighted by atomic mass is 10.2. The number of morpholine rings is 1. The van der Waals surface area contributed by atoms with Gasteiger partial charge in [-0.2, -0.15) is 15.0 Å². The third kappa shape index (κ3) is 4.17. The molecule has 0 aromatic carbocycles. The average molecular weight is 282 g/mol. The highest BCUT2D eigenvalue weighted by Crippen LogP contribution is 2.10. The van der Waals surface area contributed by atoms with Gasteiger partial charge in [-0.05, 0) is 13.5 Å². The first-order valence-electron chi connectivity index (χ1n) is 6.93. The second-order valence-corrected chi connectivity index (χ2v) is 4.50. The molecule has 1 saturated heterocycles. The molecular formula is C12H22N6O2. The van der Waals surface area contributed by atoms with E-state index >= 15 is 0 Å². The number of ether oxygens (including phenoxy) is 2. The first-order chi connectivity index (χ1) is 9.71. The van der Waals surface area contributed by atoms with E-state index in [-0.39, 0.29) is 18.1 Å². The Morgan fingerprint density at radius 1 is 1.40 bits per heavy atom. The largest absolute Gasteiger partial charge is 0.464 e. The molecule has 0 amide bonds. The highest BCUT2D eigenvalue weighted by atomic mass is 16.5. The fourth-order valence-corrected chi connectivity index (χ4v) is 2.04. The maximum Gasteiger partial charge on any atom is 0.323 e. The van der Waals surface area contributed by atoms with Gasteiger partial charge in [-0.15, -0.1) is 0 Å². The molecule has 1 aliphatic rings. The minimum absolute atomic E-state index is 0.122. The van der Waals surface area contributed by atoms with Crippen molar-refractivity contribution >= 4 is 11.9 Å². The minimum atomic E-state index is 0.122. The van der Waals surface area contributed by atoms with Gasteiger partial charge in [0.2, 0.25) is 11.9 Å². The van der Waals surface area contributed by atoms with Gasteiger partial charge in [0.1, 0.15) is 0 Å². The van der Waals surface area contributed by atoms with Crippen molar-refractivity contribution in [3.05, 3.63) is 0 Å². The molecule has 1 atom stereocenters. The monoisotopic (exact) mass is 282 g/mol. The zero-order valence-corrected chi connectivity index (χ0v) is 12.0. The summed E-state index contributed by atoms with van der Waals surface area (Å²) in [6.07, 6.45) is 0.122. The second-order valence-electron chi connectivity index (χ2n) is 4.50. The molecule has 112 valence electrons. The van der Waals surface area contributed by atoms with Gasteiger partial charge in [0.05, 0.1) is 19.3 Å². The number of nitrogens with two attached hydrogens (primary N) is 1. The lowest BCUT2D eigenvalue weighted by molar-refractivity contribution is -0.0192. The number of likely N-dealkylation sites (N-methyl/N-ethyl adjacent to an activating group) is 1. The Bertz CT molecular complexity index is 430. The molecule has 1 aromatic heterocycles. The van der Waals surface area contributed by atoms with Gasteiger partial charge < -0.3 is 20.5 Å². The van der Waals surface area contributed by atoms with Gasteiger partial charge in [-0.1, -0.05) is 6.92 Å². The Hall–Kier alpha value is -1.67. The number of anilines is 2. The second kappa shape index (κ2) is 7.20. The van der Waals surface area contributed by atoms with Crippen LogP contribution in [-0.2, 0) is 4.74 Å². The fraction of sp³-hybridized carbons (Fsp3) is 0.750. The molecule has 0 bridgehead atoms. The molecule has 0 aliphatic carbocycles. The van der Waals surface area contributed by atoms with Crippen molar-refractivity contribution in [2.45, 2.75) is 20.0 Å². The molecule has 20 heavy (non-hydrogen) atoms. The van der Waals surface area contributed by atoms with E-state index in [4.69, 9.17) is 15.2 Å². The zero-order valence-electron chi connectivity index (χ0n) is 12.0. The minimum Gasteiger partial charge on any atom is -0.464 e. The number of hydrogen-bond acceptors (Lipinski definition) is 8. The molecular weight excluding hydrogens is 260 g/mol. The summed E-state index contributed by atoms with van der Waals surface area (Å²) in [6, 6.07) is 0.238. The van der Waals surface area contributed by atoms with Gasteiger partial charge in [-0.3, -0.25) is 4.90 Å². The zero-order chi connectivity index (χ0) is 14.4. The quantitative estimate of drug-likeness (QED) is 0.751. The molecule has 1 aliphatic heterocycles. The molecule has 3 N–H and O–H groups in total. The SMILES string of the molecule is CCOc1nc(N)nc(NCC2CN(CC)CCO2)n1. The first-order valence-corrected chi connectivity index (χ1v) is 6.93. The van der Waals surface area contributed by atoms with Crippen LogP contribution < -0.4 is 15.8 Å². The maximum absolute atomic E-state index is 5.70. The lowest BCUT2D eigenvalue weighted by Crippen LogP contribution is -2.45. The predicted molar refractivity (Wildman–Crippen MR) is 75.8 cm³/mol. The van der Waals surface area contributed by atoms with Crippen molar-refractivity contribution in [3.8, 4) is 6.01 Å². The van der Waals surface area contributed by atoms with Crippen LogP contribution in [0.1, 0.15) is 13.8 Å². The van der Waals surface area contributed by atoms with Crippen LogP contribution in [-0.4, -0.2) is 65.3 Å². The summed E-state index contributed by atoms with van der Waals surface area (Å²) in [7, 11) is 0. The molecule has 1 aromatic rings. The number of rotatable bonds is 6. The summed E-state index contributed by atoms with van der Waals surface area (Å²) in [5.74, 6) is 0.559. The van der Waals surface area contributed by atoms with Crippen molar-refractivity contribution in [2.75, 3.05) is 50.4 Å². The standard InChI is InChI=1S/C12H22N6O2/c1-3-18-5-6-20-9(8-18)7-14-11-15-10(13)16-12(17-11)19-4-2/h9H,3-8H2,1-2H3,(H3,13,14,15,16,17). The van der Waals surface area contributed by atoms with Gasteiger partial charge in [0.15, 0.2) is 0 Å². The van der Waals surface area contributed by atoms with Crippen molar-refractivity contribution in [2.24, 2.45) is 0 Å². The Kier molecular flexibility index (Phi) is 5.31. The third-order valence-corrected chi connectivity index (χ3v) is 3.06. The van der Waals surface area contributed by atoms with Crippen LogP contribution in [0.5, 0.6) is 6.01 Å². The van der Waals surface area contributed by atoms with Crippen LogP contribution in [0.2, 0.25) is 0 Å². The van der Waals surface area contributed by atoms with Gasteiger partial charge in [0.25, 0.3) is 0 Å². The highest BCUT2D eigenvalue weighted by molar-refractivity contribution is 5.32. The summed E-state index contributed by atoms with van der Waals surface area (Å²) >= 11 is 0.